The average molecular weight is 433 g/mol. The molecule has 4 rings (SSSR count). The monoisotopic (exact) mass is 432 g/mol. The summed E-state index contributed by atoms with van der Waals surface area (Å²) in [6.07, 6.45) is 5.36. The summed E-state index contributed by atoms with van der Waals surface area (Å²) < 4.78 is 0. The normalized spacial score (nSPS) is 16.8. The fourth-order valence-corrected chi connectivity index (χ4v) is 4.43. The van der Waals surface area contributed by atoms with E-state index in [1.807, 2.05) is 18.2 Å². The molecule has 4 heteroatoms. The van der Waals surface area contributed by atoms with Crippen LogP contribution in [0.4, 0.5) is 5.69 Å². The van der Waals surface area contributed by atoms with Crippen LogP contribution in [-0.4, -0.2) is 43.7 Å². The summed E-state index contributed by atoms with van der Waals surface area (Å²) >= 11 is 6.23. The van der Waals surface area contributed by atoms with E-state index in [1.54, 1.807) is 0 Å². The lowest BCUT2D eigenvalue weighted by atomic mass is 9.88. The van der Waals surface area contributed by atoms with Crippen LogP contribution in [0.3, 0.4) is 0 Å². The van der Waals surface area contributed by atoms with Gasteiger partial charge in [-0.05, 0) is 52.9 Å². The SMILES string of the molecule is CN(C)c1ccc(/C=C/CN2CCc3cc(Cl)c(O)cc3[C@@H](c3ccccc3)C2)cc1. The number of fused-ring (bicyclic) bond motifs is 1. The van der Waals surface area contributed by atoms with Crippen molar-refractivity contribution in [1.82, 2.24) is 4.90 Å². The molecule has 1 atom stereocenters. The maximum absolute atomic E-state index is 10.3. The molecule has 0 saturated carbocycles. The maximum Gasteiger partial charge on any atom is 0.134 e. The molecule has 0 radical (unpaired) electrons. The lowest BCUT2D eigenvalue weighted by Crippen LogP contribution is -2.29. The summed E-state index contributed by atoms with van der Waals surface area (Å²) in [5, 5.41) is 10.7. The number of benzene rings is 3. The first-order chi connectivity index (χ1) is 15.0. The fourth-order valence-electron chi connectivity index (χ4n) is 4.24. The zero-order chi connectivity index (χ0) is 21.8. The lowest BCUT2D eigenvalue weighted by molar-refractivity contribution is 0.306. The van der Waals surface area contributed by atoms with E-state index in [2.05, 4.69) is 84.6 Å². The first-order valence-corrected chi connectivity index (χ1v) is 11.1. The lowest BCUT2D eigenvalue weighted by Gasteiger charge is -2.24. The highest BCUT2D eigenvalue weighted by Crippen LogP contribution is 2.36. The number of nitrogens with zero attached hydrogens (tertiary/aromatic N) is 2. The van der Waals surface area contributed by atoms with Crippen molar-refractivity contribution in [3.8, 4) is 5.75 Å². The predicted octanol–water partition coefficient (Wildman–Crippen LogP) is 5.82. The van der Waals surface area contributed by atoms with Gasteiger partial charge >= 0.3 is 0 Å². The molecule has 0 aromatic heterocycles. The molecular formula is C27H29ClN2O. The number of halogens is 1. The van der Waals surface area contributed by atoms with Crippen LogP contribution >= 0.6 is 11.6 Å². The third-order valence-electron chi connectivity index (χ3n) is 6.01. The fraction of sp³-hybridized carbons (Fsp3) is 0.259. The third-order valence-corrected chi connectivity index (χ3v) is 6.31. The van der Waals surface area contributed by atoms with Crippen molar-refractivity contribution in [2.45, 2.75) is 12.3 Å². The highest BCUT2D eigenvalue weighted by Gasteiger charge is 2.25. The van der Waals surface area contributed by atoms with E-state index < -0.39 is 0 Å². The van der Waals surface area contributed by atoms with Crippen molar-refractivity contribution in [2.24, 2.45) is 0 Å². The van der Waals surface area contributed by atoms with E-state index in [0.717, 1.165) is 26.1 Å². The van der Waals surface area contributed by atoms with Crippen LogP contribution < -0.4 is 4.90 Å². The Kier molecular flexibility index (Phi) is 6.64. The Morgan fingerprint density at radius 3 is 2.52 bits per heavy atom. The molecule has 1 N–H and O–H groups in total. The van der Waals surface area contributed by atoms with Gasteiger partial charge < -0.3 is 10.0 Å². The van der Waals surface area contributed by atoms with Gasteiger partial charge in [0.15, 0.2) is 0 Å². The van der Waals surface area contributed by atoms with E-state index >= 15 is 0 Å². The summed E-state index contributed by atoms with van der Waals surface area (Å²) in [6, 6.07) is 22.9. The highest BCUT2D eigenvalue weighted by molar-refractivity contribution is 6.32. The van der Waals surface area contributed by atoms with Gasteiger partial charge in [-0.15, -0.1) is 0 Å². The first-order valence-electron chi connectivity index (χ1n) is 10.7. The van der Waals surface area contributed by atoms with Gasteiger partial charge in [-0.3, -0.25) is 4.90 Å². The predicted molar refractivity (Wildman–Crippen MR) is 131 cm³/mol. The summed E-state index contributed by atoms with van der Waals surface area (Å²) in [7, 11) is 4.11. The number of phenolic OH excluding ortho intramolecular Hbond substituents is 1. The third kappa shape index (κ3) is 5.12. The minimum atomic E-state index is 0.163. The zero-order valence-corrected chi connectivity index (χ0v) is 18.9. The van der Waals surface area contributed by atoms with Gasteiger partial charge in [-0.2, -0.15) is 0 Å². The molecule has 31 heavy (non-hydrogen) atoms. The number of phenols is 1. The minimum absolute atomic E-state index is 0.163. The van der Waals surface area contributed by atoms with E-state index in [1.165, 1.54) is 27.9 Å². The quantitative estimate of drug-likeness (QED) is 0.550. The van der Waals surface area contributed by atoms with Crippen LogP contribution in [0.2, 0.25) is 5.02 Å². The van der Waals surface area contributed by atoms with Crippen molar-refractivity contribution in [3.63, 3.8) is 0 Å². The summed E-state index contributed by atoms with van der Waals surface area (Å²) in [6.45, 7) is 2.75. The van der Waals surface area contributed by atoms with Crippen LogP contribution in [0.5, 0.6) is 5.75 Å². The number of rotatable bonds is 5. The molecule has 3 nitrogen and oxygen atoms in total. The average Bonchev–Trinajstić information content (AvgIpc) is 2.95. The van der Waals surface area contributed by atoms with Gasteiger partial charge in [-0.1, -0.05) is 66.2 Å². The van der Waals surface area contributed by atoms with Crippen LogP contribution in [0.1, 0.15) is 28.2 Å². The van der Waals surface area contributed by atoms with Crippen LogP contribution in [0, 0.1) is 0 Å². The van der Waals surface area contributed by atoms with Crippen molar-refractivity contribution in [3.05, 3.63) is 100 Å². The summed E-state index contributed by atoms with van der Waals surface area (Å²) in [5.74, 6) is 0.366. The largest absolute Gasteiger partial charge is 0.506 e. The van der Waals surface area contributed by atoms with Crippen LogP contribution in [0.15, 0.2) is 72.8 Å². The molecule has 3 aromatic rings. The highest BCUT2D eigenvalue weighted by atomic mass is 35.5. The Balaban J connectivity index is 1.54. The second-order valence-corrected chi connectivity index (χ2v) is 8.77. The molecule has 0 fully saturated rings. The second kappa shape index (κ2) is 9.59. The minimum Gasteiger partial charge on any atom is -0.506 e. The molecule has 0 spiro atoms. The molecule has 1 aliphatic rings. The smallest absolute Gasteiger partial charge is 0.134 e. The molecule has 0 aliphatic carbocycles. The molecule has 0 saturated heterocycles. The van der Waals surface area contributed by atoms with Crippen molar-refractivity contribution >= 4 is 23.4 Å². The Morgan fingerprint density at radius 2 is 1.81 bits per heavy atom. The Hall–Kier alpha value is -2.75. The van der Waals surface area contributed by atoms with E-state index in [4.69, 9.17) is 11.6 Å². The van der Waals surface area contributed by atoms with Gasteiger partial charge in [0.05, 0.1) is 5.02 Å². The molecule has 0 bridgehead atoms. The topological polar surface area (TPSA) is 26.7 Å². The maximum atomic E-state index is 10.3. The summed E-state index contributed by atoms with van der Waals surface area (Å²) in [5.41, 5.74) is 6.08. The van der Waals surface area contributed by atoms with Crippen LogP contribution in [-0.2, 0) is 6.42 Å². The van der Waals surface area contributed by atoms with E-state index in [0.29, 0.717) is 5.02 Å². The summed E-state index contributed by atoms with van der Waals surface area (Å²) in [4.78, 5) is 4.59. The van der Waals surface area contributed by atoms with Gasteiger partial charge in [0, 0.05) is 45.3 Å². The Labute approximate surface area is 190 Å². The van der Waals surface area contributed by atoms with Gasteiger partial charge in [0.25, 0.3) is 0 Å². The van der Waals surface area contributed by atoms with Crippen LogP contribution in [0.25, 0.3) is 6.08 Å². The molecule has 0 unspecified atom stereocenters. The zero-order valence-electron chi connectivity index (χ0n) is 18.1. The molecular weight excluding hydrogens is 404 g/mol. The van der Waals surface area contributed by atoms with Crippen molar-refractivity contribution < 1.29 is 5.11 Å². The molecule has 3 aromatic carbocycles. The number of hydrogen-bond acceptors (Lipinski definition) is 3. The molecule has 160 valence electrons. The number of aromatic hydroxyl groups is 1. The number of hydrogen-bond donors (Lipinski definition) is 1. The second-order valence-electron chi connectivity index (χ2n) is 8.36. The molecule has 0 amide bonds. The number of anilines is 1. The van der Waals surface area contributed by atoms with E-state index in [-0.39, 0.29) is 11.7 Å². The van der Waals surface area contributed by atoms with E-state index in [9.17, 15) is 5.11 Å². The first kappa shape index (κ1) is 21.5. The van der Waals surface area contributed by atoms with Gasteiger partial charge in [-0.25, -0.2) is 0 Å². The Morgan fingerprint density at radius 1 is 1.06 bits per heavy atom. The van der Waals surface area contributed by atoms with Gasteiger partial charge in [0.2, 0.25) is 0 Å². The van der Waals surface area contributed by atoms with Gasteiger partial charge in [0.1, 0.15) is 5.75 Å². The molecule has 1 aliphatic heterocycles. The van der Waals surface area contributed by atoms with Crippen molar-refractivity contribution in [2.75, 3.05) is 38.6 Å². The standard InChI is InChI=1S/C27H29ClN2O/c1-29(2)23-12-10-20(11-13-23)7-6-15-30-16-14-22-17-26(28)27(31)18-24(22)25(19-30)21-8-4-3-5-9-21/h3-13,17-18,25,31H,14-16,19H2,1-2H3/b7-6+/t25-/m1/s1. The Bertz CT molecular complexity index is 1040. The van der Waals surface area contributed by atoms with Crippen molar-refractivity contribution in [1.29, 1.82) is 0 Å². The molecule has 1 heterocycles.